The molecule has 1 N–H and O–H groups in total. The second-order valence-corrected chi connectivity index (χ2v) is 9.29. The predicted molar refractivity (Wildman–Crippen MR) is 133 cm³/mol. The zero-order valence-electron chi connectivity index (χ0n) is 18.9. The van der Waals surface area contributed by atoms with Gasteiger partial charge in [-0.05, 0) is 37.6 Å². The van der Waals surface area contributed by atoms with Crippen molar-refractivity contribution in [3.8, 4) is 5.75 Å². The van der Waals surface area contributed by atoms with Gasteiger partial charge in [0.1, 0.15) is 11.5 Å². The summed E-state index contributed by atoms with van der Waals surface area (Å²) in [6.07, 6.45) is 0. The molecule has 34 heavy (non-hydrogen) atoms. The van der Waals surface area contributed by atoms with Crippen LogP contribution in [0.4, 0.5) is 5.13 Å². The first-order chi connectivity index (χ1) is 16.4. The number of benzene rings is 3. The number of hydrogen-bond acceptors (Lipinski definition) is 6. The van der Waals surface area contributed by atoms with Gasteiger partial charge < -0.3 is 9.84 Å². The number of aromatic nitrogens is 1. The number of aliphatic hydroxyl groups is 1. The Hall–Kier alpha value is -3.97. The third kappa shape index (κ3) is 3.64. The van der Waals surface area contributed by atoms with Crippen LogP contribution < -0.4 is 9.64 Å². The Morgan fingerprint density at radius 1 is 0.971 bits per heavy atom. The number of methoxy groups -OCH3 is 1. The fourth-order valence-electron chi connectivity index (χ4n) is 4.08. The van der Waals surface area contributed by atoms with Crippen molar-refractivity contribution in [2.75, 3.05) is 12.0 Å². The minimum atomic E-state index is -0.802. The highest BCUT2D eigenvalue weighted by Gasteiger charge is 2.48. The van der Waals surface area contributed by atoms with Gasteiger partial charge in [0.25, 0.3) is 5.78 Å². The molecule has 0 radical (unpaired) electrons. The number of carbonyl (C=O) groups is 2. The van der Waals surface area contributed by atoms with E-state index in [1.807, 2.05) is 62.4 Å². The Bertz CT molecular complexity index is 1450. The van der Waals surface area contributed by atoms with E-state index < -0.39 is 17.7 Å². The lowest BCUT2D eigenvalue weighted by atomic mass is 9.94. The lowest BCUT2D eigenvalue weighted by molar-refractivity contribution is -0.132. The maximum atomic E-state index is 13.3. The molecule has 1 aliphatic heterocycles. The van der Waals surface area contributed by atoms with Crippen LogP contribution in [0.15, 0.2) is 72.3 Å². The molecule has 2 heterocycles. The van der Waals surface area contributed by atoms with Crippen LogP contribution in [-0.2, 0) is 9.59 Å². The number of nitrogens with zero attached hydrogens (tertiary/aromatic N) is 2. The average molecular weight is 471 g/mol. The first-order valence-electron chi connectivity index (χ1n) is 10.8. The fraction of sp³-hybridized carbons (Fsp3) is 0.148. The van der Waals surface area contributed by atoms with Gasteiger partial charge >= 0.3 is 5.91 Å². The van der Waals surface area contributed by atoms with Crippen LogP contribution >= 0.6 is 11.3 Å². The summed E-state index contributed by atoms with van der Waals surface area (Å²) < 4.78 is 6.14. The molecule has 1 fully saturated rings. The summed E-state index contributed by atoms with van der Waals surface area (Å²) in [7, 11) is 1.59. The van der Waals surface area contributed by atoms with Crippen LogP contribution in [0.25, 0.3) is 16.0 Å². The Labute approximate surface area is 200 Å². The lowest BCUT2D eigenvalue weighted by Gasteiger charge is -2.23. The second kappa shape index (κ2) is 8.43. The van der Waals surface area contributed by atoms with Crippen LogP contribution in [0, 0.1) is 13.8 Å². The van der Waals surface area contributed by atoms with Crippen molar-refractivity contribution in [3.63, 3.8) is 0 Å². The number of thiazole rings is 1. The summed E-state index contributed by atoms with van der Waals surface area (Å²) in [5.74, 6) is -0.973. The van der Waals surface area contributed by atoms with Crippen molar-refractivity contribution in [1.29, 1.82) is 0 Å². The van der Waals surface area contributed by atoms with Gasteiger partial charge in [-0.1, -0.05) is 71.0 Å². The molecule has 3 aromatic carbocycles. The van der Waals surface area contributed by atoms with Gasteiger partial charge in [0.15, 0.2) is 5.13 Å². The average Bonchev–Trinajstić information content (AvgIpc) is 3.37. The largest absolute Gasteiger partial charge is 0.507 e. The van der Waals surface area contributed by atoms with E-state index in [9.17, 15) is 14.7 Å². The van der Waals surface area contributed by atoms with Crippen molar-refractivity contribution in [2.24, 2.45) is 0 Å². The van der Waals surface area contributed by atoms with Gasteiger partial charge in [0, 0.05) is 5.56 Å². The van der Waals surface area contributed by atoms with Gasteiger partial charge in [0.2, 0.25) is 0 Å². The Balaban J connectivity index is 1.71. The van der Waals surface area contributed by atoms with Gasteiger partial charge in [-0.3, -0.25) is 14.5 Å². The summed E-state index contributed by atoms with van der Waals surface area (Å²) in [6.45, 7) is 3.91. The lowest BCUT2D eigenvalue weighted by Crippen LogP contribution is -2.29. The van der Waals surface area contributed by atoms with E-state index in [0.717, 1.165) is 21.4 Å². The molecule has 0 saturated carbocycles. The molecule has 1 amide bonds. The minimum Gasteiger partial charge on any atom is -0.507 e. The van der Waals surface area contributed by atoms with Crippen molar-refractivity contribution in [1.82, 2.24) is 4.98 Å². The normalized spacial score (nSPS) is 17.5. The smallest absolute Gasteiger partial charge is 0.301 e. The van der Waals surface area contributed by atoms with Crippen LogP contribution in [0.3, 0.4) is 0 Å². The summed E-state index contributed by atoms with van der Waals surface area (Å²) in [5, 5.41) is 11.6. The van der Waals surface area contributed by atoms with Crippen molar-refractivity contribution in [2.45, 2.75) is 19.9 Å². The topological polar surface area (TPSA) is 79.7 Å². The molecule has 1 saturated heterocycles. The number of aryl methyl sites for hydroxylation is 2. The minimum absolute atomic E-state index is 0.0505. The quantitative estimate of drug-likeness (QED) is 0.240. The molecule has 0 aliphatic carbocycles. The van der Waals surface area contributed by atoms with E-state index in [2.05, 4.69) is 4.98 Å². The number of ketones is 1. The highest BCUT2D eigenvalue weighted by Crippen LogP contribution is 2.44. The number of amides is 1. The molecule has 6 nitrogen and oxygen atoms in total. The van der Waals surface area contributed by atoms with Crippen molar-refractivity contribution >= 4 is 44.1 Å². The summed E-state index contributed by atoms with van der Waals surface area (Å²) >= 11 is 1.30. The first kappa shape index (κ1) is 21.9. The Morgan fingerprint density at radius 3 is 2.26 bits per heavy atom. The zero-order valence-corrected chi connectivity index (χ0v) is 19.7. The number of aliphatic hydroxyl groups excluding tert-OH is 1. The van der Waals surface area contributed by atoms with E-state index >= 15 is 0 Å². The van der Waals surface area contributed by atoms with Crippen molar-refractivity contribution in [3.05, 3.63) is 94.6 Å². The van der Waals surface area contributed by atoms with E-state index in [0.29, 0.717) is 22.0 Å². The molecule has 1 aromatic heterocycles. The first-order valence-corrected chi connectivity index (χ1v) is 11.6. The summed E-state index contributed by atoms with van der Waals surface area (Å²) in [5.41, 5.74) is 4.02. The molecule has 7 heteroatoms. The molecular weight excluding hydrogens is 448 g/mol. The highest BCUT2D eigenvalue weighted by atomic mass is 32.1. The number of Topliss-reactive ketones (excluding diaryl/α,β-unsaturated/α-hetero) is 1. The second-order valence-electron chi connectivity index (χ2n) is 8.28. The summed E-state index contributed by atoms with van der Waals surface area (Å²) in [4.78, 5) is 32.6. The third-order valence-corrected chi connectivity index (χ3v) is 6.97. The standard InChI is InChI=1S/C27H22N2O4S/c1-15-4-8-17(9-5-15)23-22(24(30)18-10-6-16(2)7-11-18)25(31)26(32)29(23)27-28-20-13-12-19(33-3)14-21(20)34-27/h4-14,23,30H,1-3H3/b24-22+/t23-/m1/s1. The summed E-state index contributed by atoms with van der Waals surface area (Å²) in [6, 6.07) is 19.4. The molecular formula is C27H22N2O4S. The Kier molecular flexibility index (Phi) is 5.42. The maximum Gasteiger partial charge on any atom is 0.301 e. The van der Waals surface area contributed by atoms with Crippen LogP contribution in [0.5, 0.6) is 5.75 Å². The molecule has 5 rings (SSSR count). The van der Waals surface area contributed by atoms with Crippen LogP contribution in [-0.4, -0.2) is 28.9 Å². The van der Waals surface area contributed by atoms with Gasteiger partial charge in [0.05, 0.1) is 28.9 Å². The maximum absolute atomic E-state index is 13.3. The highest BCUT2D eigenvalue weighted by molar-refractivity contribution is 7.22. The van der Waals surface area contributed by atoms with Gasteiger partial charge in [-0.2, -0.15) is 0 Å². The van der Waals surface area contributed by atoms with E-state index in [-0.39, 0.29) is 11.3 Å². The molecule has 1 aliphatic rings. The zero-order chi connectivity index (χ0) is 24.0. The predicted octanol–water partition coefficient (Wildman–Crippen LogP) is 5.55. The number of rotatable bonds is 4. The number of carbonyl (C=O) groups excluding carboxylic acids is 2. The Morgan fingerprint density at radius 2 is 1.62 bits per heavy atom. The van der Waals surface area contributed by atoms with Gasteiger partial charge in [-0.25, -0.2) is 4.98 Å². The number of hydrogen-bond donors (Lipinski definition) is 1. The van der Waals surface area contributed by atoms with E-state index in [4.69, 9.17) is 4.74 Å². The third-order valence-electron chi connectivity index (χ3n) is 5.95. The molecule has 1 atom stereocenters. The van der Waals surface area contributed by atoms with Crippen molar-refractivity contribution < 1.29 is 19.4 Å². The fourth-order valence-corrected chi connectivity index (χ4v) is 5.10. The van der Waals surface area contributed by atoms with E-state index in [1.54, 1.807) is 25.3 Å². The van der Waals surface area contributed by atoms with Crippen LogP contribution in [0.2, 0.25) is 0 Å². The number of fused-ring (bicyclic) bond motifs is 1. The monoisotopic (exact) mass is 470 g/mol. The molecule has 170 valence electrons. The van der Waals surface area contributed by atoms with Gasteiger partial charge in [-0.15, -0.1) is 0 Å². The molecule has 0 unspecified atom stereocenters. The SMILES string of the molecule is COc1ccc2nc(N3C(=O)C(=O)/C(=C(/O)c4ccc(C)cc4)[C@H]3c3ccc(C)cc3)sc2c1. The van der Waals surface area contributed by atoms with Crippen LogP contribution in [0.1, 0.15) is 28.3 Å². The molecule has 0 spiro atoms. The van der Waals surface area contributed by atoms with E-state index in [1.165, 1.54) is 16.2 Å². The molecule has 4 aromatic rings. The molecule has 0 bridgehead atoms. The number of anilines is 1. The number of ether oxygens (including phenoxy) is 1.